The van der Waals surface area contributed by atoms with Gasteiger partial charge in [0, 0.05) is 6.07 Å². The van der Waals surface area contributed by atoms with Crippen LogP contribution in [-0.2, 0) is 4.79 Å². The summed E-state index contributed by atoms with van der Waals surface area (Å²) in [6.07, 6.45) is 0. The number of nitrogen functional groups attached to an aromatic ring is 1. The molecule has 2 heterocycles. The number of carbonyl (C=O) groups is 1. The number of hydrogen-bond donors (Lipinski definition) is 2. The molecule has 0 spiro atoms. The van der Waals surface area contributed by atoms with E-state index in [1.165, 1.54) is 6.92 Å². The van der Waals surface area contributed by atoms with Crippen molar-refractivity contribution in [2.45, 2.75) is 38.1 Å². The number of nitrogens with two attached hydrogens (primary N) is 1. The fourth-order valence-electron chi connectivity index (χ4n) is 1.78. The number of nitrogens with zero attached hydrogens (tertiary/aromatic N) is 4. The van der Waals surface area contributed by atoms with Crippen LogP contribution >= 0.6 is 11.8 Å². The van der Waals surface area contributed by atoms with E-state index in [1.807, 2.05) is 13.8 Å². The average molecular weight is 338 g/mol. The van der Waals surface area contributed by atoms with Crippen LogP contribution in [0.1, 0.15) is 25.3 Å². The van der Waals surface area contributed by atoms with Gasteiger partial charge in [-0.25, -0.2) is 0 Å². The molecule has 2 rings (SSSR count). The molecule has 0 unspecified atom stereocenters. The number of aromatic nitrogens is 4. The number of nitrogens with one attached hydrogen (secondary N) is 1. The Hall–Kier alpha value is -2.36. The summed E-state index contributed by atoms with van der Waals surface area (Å²) in [5.74, 6) is 6.31. The van der Waals surface area contributed by atoms with E-state index in [1.54, 1.807) is 13.0 Å². The minimum Gasteiger partial charge on any atom is -0.360 e. The van der Waals surface area contributed by atoms with E-state index in [9.17, 15) is 9.59 Å². The zero-order chi connectivity index (χ0) is 17.1. The van der Waals surface area contributed by atoms with Crippen LogP contribution in [-0.4, -0.2) is 31.2 Å². The maximum absolute atomic E-state index is 12.4. The standard InChI is InChI=1S/C13H18N6O3S/c1-6(2)10(11(20)15-9-5-7(3)22-18-9)23-13-17-16-8(4)12(21)19(13)14/h5-6,10H,14H2,1-4H3,(H,15,18,20)/t10-/m1/s1. The number of rotatable bonds is 5. The highest BCUT2D eigenvalue weighted by molar-refractivity contribution is 8.00. The highest BCUT2D eigenvalue weighted by Gasteiger charge is 2.26. The topological polar surface area (TPSA) is 129 Å². The predicted molar refractivity (Wildman–Crippen MR) is 85.5 cm³/mol. The molecule has 2 aromatic heterocycles. The lowest BCUT2D eigenvalue weighted by molar-refractivity contribution is -0.116. The van der Waals surface area contributed by atoms with Crippen molar-refractivity contribution in [2.75, 3.05) is 11.2 Å². The van der Waals surface area contributed by atoms with Gasteiger partial charge in [-0.1, -0.05) is 30.8 Å². The normalized spacial score (nSPS) is 12.4. The van der Waals surface area contributed by atoms with Gasteiger partial charge in [0.15, 0.2) is 5.82 Å². The zero-order valence-corrected chi connectivity index (χ0v) is 14.0. The number of hydrogen-bond acceptors (Lipinski definition) is 8. The Morgan fingerprint density at radius 3 is 2.65 bits per heavy atom. The Balaban J connectivity index is 2.20. The average Bonchev–Trinajstić information content (AvgIpc) is 2.88. The molecule has 3 N–H and O–H groups in total. The highest BCUT2D eigenvalue weighted by atomic mass is 32.2. The summed E-state index contributed by atoms with van der Waals surface area (Å²) >= 11 is 1.07. The first-order valence-electron chi connectivity index (χ1n) is 6.92. The Bertz CT molecular complexity index is 769. The molecular formula is C13H18N6O3S. The van der Waals surface area contributed by atoms with Gasteiger partial charge in [0.05, 0.1) is 5.25 Å². The Kier molecular flexibility index (Phi) is 5.04. The summed E-state index contributed by atoms with van der Waals surface area (Å²) in [6.45, 7) is 7.01. The summed E-state index contributed by atoms with van der Waals surface area (Å²) in [5, 5.41) is 13.7. The minimum atomic E-state index is -0.529. The predicted octanol–water partition coefficient (Wildman–Crippen LogP) is 0.712. The summed E-state index contributed by atoms with van der Waals surface area (Å²) in [6, 6.07) is 1.62. The molecule has 1 atom stereocenters. The van der Waals surface area contributed by atoms with Crippen molar-refractivity contribution in [2.24, 2.45) is 5.92 Å². The largest absolute Gasteiger partial charge is 0.360 e. The molecule has 10 heteroatoms. The monoisotopic (exact) mass is 338 g/mol. The molecule has 0 aliphatic heterocycles. The van der Waals surface area contributed by atoms with Crippen LogP contribution in [0, 0.1) is 19.8 Å². The Labute approximate surface area is 136 Å². The lowest BCUT2D eigenvalue weighted by Crippen LogP contribution is -2.35. The molecule has 0 fully saturated rings. The first-order chi connectivity index (χ1) is 10.8. The van der Waals surface area contributed by atoms with Gasteiger partial charge in [0.1, 0.15) is 11.5 Å². The number of amides is 1. The van der Waals surface area contributed by atoms with Crippen LogP contribution in [0.5, 0.6) is 0 Å². The molecule has 0 radical (unpaired) electrons. The van der Waals surface area contributed by atoms with Crippen molar-refractivity contribution >= 4 is 23.5 Å². The molecule has 0 bridgehead atoms. The van der Waals surface area contributed by atoms with Gasteiger partial charge in [-0.3, -0.25) is 9.59 Å². The van der Waals surface area contributed by atoms with Crippen molar-refractivity contribution in [3.8, 4) is 0 Å². The fourth-order valence-corrected chi connectivity index (χ4v) is 2.73. The van der Waals surface area contributed by atoms with E-state index in [0.717, 1.165) is 16.4 Å². The number of thioether (sulfide) groups is 1. The molecule has 2 aromatic rings. The second-order valence-electron chi connectivity index (χ2n) is 5.34. The van der Waals surface area contributed by atoms with Gasteiger partial charge in [-0.2, -0.15) is 4.68 Å². The molecular weight excluding hydrogens is 320 g/mol. The number of aryl methyl sites for hydroxylation is 2. The van der Waals surface area contributed by atoms with Gasteiger partial charge in [-0.15, -0.1) is 10.2 Å². The quantitative estimate of drug-likeness (QED) is 0.602. The fraction of sp³-hybridized carbons (Fsp3) is 0.462. The second kappa shape index (κ2) is 6.82. The summed E-state index contributed by atoms with van der Waals surface area (Å²) in [7, 11) is 0. The van der Waals surface area contributed by atoms with E-state index in [4.69, 9.17) is 10.4 Å². The van der Waals surface area contributed by atoms with Crippen molar-refractivity contribution in [3.63, 3.8) is 0 Å². The van der Waals surface area contributed by atoms with E-state index in [0.29, 0.717) is 11.6 Å². The molecule has 0 saturated carbocycles. The summed E-state index contributed by atoms with van der Waals surface area (Å²) < 4.78 is 5.81. The van der Waals surface area contributed by atoms with Gasteiger partial charge < -0.3 is 15.7 Å². The summed E-state index contributed by atoms with van der Waals surface area (Å²) in [4.78, 5) is 24.2. The van der Waals surface area contributed by atoms with Crippen LogP contribution in [0.3, 0.4) is 0 Å². The second-order valence-corrected chi connectivity index (χ2v) is 6.45. The van der Waals surface area contributed by atoms with Gasteiger partial charge in [0.25, 0.3) is 5.56 Å². The third-order valence-corrected chi connectivity index (χ3v) is 4.50. The van der Waals surface area contributed by atoms with Crippen LogP contribution < -0.4 is 16.7 Å². The molecule has 0 aliphatic carbocycles. The Morgan fingerprint density at radius 2 is 2.09 bits per heavy atom. The molecule has 0 aliphatic rings. The molecule has 0 saturated heterocycles. The lowest BCUT2D eigenvalue weighted by Gasteiger charge is -2.19. The maximum atomic E-state index is 12.4. The Morgan fingerprint density at radius 1 is 1.39 bits per heavy atom. The van der Waals surface area contributed by atoms with Crippen LogP contribution in [0.15, 0.2) is 20.5 Å². The molecule has 0 aromatic carbocycles. The highest BCUT2D eigenvalue weighted by Crippen LogP contribution is 2.26. The van der Waals surface area contributed by atoms with E-state index < -0.39 is 10.8 Å². The molecule has 9 nitrogen and oxygen atoms in total. The SMILES string of the molecule is Cc1cc(NC(=O)[C@H](Sc2nnc(C)c(=O)n2N)C(C)C)no1. The molecule has 23 heavy (non-hydrogen) atoms. The first kappa shape index (κ1) is 17.0. The van der Waals surface area contributed by atoms with E-state index in [2.05, 4.69) is 20.7 Å². The molecule has 1 amide bonds. The number of carbonyl (C=O) groups excluding carboxylic acids is 1. The third kappa shape index (κ3) is 3.89. The van der Waals surface area contributed by atoms with Crippen molar-refractivity contribution in [1.82, 2.24) is 20.0 Å². The van der Waals surface area contributed by atoms with Crippen LogP contribution in [0.25, 0.3) is 0 Å². The van der Waals surface area contributed by atoms with Gasteiger partial charge in [-0.05, 0) is 19.8 Å². The lowest BCUT2D eigenvalue weighted by atomic mass is 10.1. The zero-order valence-electron chi connectivity index (χ0n) is 13.2. The van der Waals surface area contributed by atoms with Crippen molar-refractivity contribution in [1.29, 1.82) is 0 Å². The van der Waals surface area contributed by atoms with Crippen molar-refractivity contribution in [3.05, 3.63) is 27.9 Å². The van der Waals surface area contributed by atoms with Crippen LogP contribution in [0.2, 0.25) is 0 Å². The maximum Gasteiger partial charge on any atom is 0.294 e. The third-order valence-electron chi connectivity index (χ3n) is 3.00. The van der Waals surface area contributed by atoms with E-state index in [-0.39, 0.29) is 22.7 Å². The van der Waals surface area contributed by atoms with Gasteiger partial charge >= 0.3 is 0 Å². The van der Waals surface area contributed by atoms with Crippen molar-refractivity contribution < 1.29 is 9.32 Å². The first-order valence-corrected chi connectivity index (χ1v) is 7.79. The summed E-state index contributed by atoms with van der Waals surface area (Å²) in [5.41, 5.74) is -0.252. The van der Waals surface area contributed by atoms with E-state index >= 15 is 0 Å². The smallest absolute Gasteiger partial charge is 0.294 e. The number of anilines is 1. The van der Waals surface area contributed by atoms with Crippen LogP contribution in [0.4, 0.5) is 5.82 Å². The van der Waals surface area contributed by atoms with Gasteiger partial charge in [0.2, 0.25) is 11.1 Å². The minimum absolute atomic E-state index is 0.0359. The molecule has 124 valence electrons.